The highest BCUT2D eigenvalue weighted by Crippen LogP contribution is 2.24. The van der Waals surface area contributed by atoms with E-state index in [9.17, 15) is 4.39 Å². The lowest BCUT2D eigenvalue weighted by Crippen LogP contribution is -2.13. The molecule has 1 aromatic heterocycles. The molecule has 0 aliphatic rings. The Morgan fingerprint density at radius 3 is 2.65 bits per heavy atom. The maximum absolute atomic E-state index is 13.2. The number of hydrogen-bond acceptors (Lipinski definition) is 2. The van der Waals surface area contributed by atoms with Crippen molar-refractivity contribution < 1.29 is 4.39 Å². The van der Waals surface area contributed by atoms with Crippen molar-refractivity contribution in [1.29, 1.82) is 0 Å². The Morgan fingerprint density at radius 2 is 1.94 bits per heavy atom. The number of aromatic nitrogens is 1. The van der Waals surface area contributed by atoms with E-state index in [0.717, 1.165) is 11.1 Å². The number of hydrogen-bond donors (Lipinski definition) is 1. The van der Waals surface area contributed by atoms with Crippen molar-refractivity contribution in [2.75, 3.05) is 0 Å². The minimum absolute atomic E-state index is 0.150. The normalized spacial score (nSPS) is 12.4. The number of nitrogens with two attached hydrogens (primary N) is 1. The molecule has 0 radical (unpaired) electrons. The molecule has 0 amide bonds. The minimum Gasteiger partial charge on any atom is -0.324 e. The van der Waals surface area contributed by atoms with Gasteiger partial charge in [-0.3, -0.25) is 4.98 Å². The Kier molecular flexibility index (Phi) is 3.71. The van der Waals surface area contributed by atoms with Gasteiger partial charge in [-0.05, 0) is 35.7 Å². The number of pyridine rings is 1. The second kappa shape index (κ2) is 5.25. The lowest BCUT2D eigenvalue weighted by Gasteiger charge is -2.13. The number of benzene rings is 1. The largest absolute Gasteiger partial charge is 0.324 e. The number of halogens is 2. The van der Waals surface area contributed by atoms with Gasteiger partial charge in [0.15, 0.2) is 0 Å². The highest BCUT2D eigenvalue weighted by atomic mass is 35.5. The van der Waals surface area contributed by atoms with Crippen LogP contribution >= 0.6 is 11.6 Å². The lowest BCUT2D eigenvalue weighted by atomic mass is 10.0. The third-order valence-electron chi connectivity index (χ3n) is 2.61. The van der Waals surface area contributed by atoms with Gasteiger partial charge in [0.1, 0.15) is 5.82 Å². The second-order valence-corrected chi connectivity index (χ2v) is 4.18. The maximum Gasteiger partial charge on any atom is 0.142 e. The molecule has 88 valence electrons. The van der Waals surface area contributed by atoms with Crippen LogP contribution in [-0.4, -0.2) is 4.98 Å². The Bertz CT molecular complexity index is 502. The van der Waals surface area contributed by atoms with Gasteiger partial charge in [-0.2, -0.15) is 0 Å². The fourth-order valence-electron chi connectivity index (χ4n) is 1.67. The third-order valence-corrected chi connectivity index (χ3v) is 3.03. The highest BCUT2D eigenvalue weighted by Gasteiger charge is 2.11. The Hall–Kier alpha value is -1.45. The fourth-order valence-corrected chi connectivity index (χ4v) is 1.87. The molecule has 4 heteroatoms. The molecule has 1 unspecified atom stereocenters. The van der Waals surface area contributed by atoms with E-state index in [0.29, 0.717) is 6.42 Å². The summed E-state index contributed by atoms with van der Waals surface area (Å²) in [4.78, 5) is 3.92. The van der Waals surface area contributed by atoms with Crippen LogP contribution in [0.1, 0.15) is 17.2 Å². The molecule has 2 nitrogen and oxygen atoms in total. The average molecular weight is 251 g/mol. The topological polar surface area (TPSA) is 38.9 Å². The summed E-state index contributed by atoms with van der Waals surface area (Å²) < 4.78 is 13.2. The first kappa shape index (κ1) is 12.0. The van der Waals surface area contributed by atoms with Gasteiger partial charge in [0.2, 0.25) is 0 Å². The minimum atomic E-state index is -0.411. The smallest absolute Gasteiger partial charge is 0.142 e. The van der Waals surface area contributed by atoms with Crippen molar-refractivity contribution in [2.24, 2.45) is 5.73 Å². The van der Waals surface area contributed by atoms with Gasteiger partial charge in [-0.25, -0.2) is 4.39 Å². The molecule has 0 spiro atoms. The first-order valence-corrected chi connectivity index (χ1v) is 5.64. The van der Waals surface area contributed by atoms with Crippen molar-refractivity contribution in [3.63, 3.8) is 0 Å². The molecular weight excluding hydrogens is 239 g/mol. The molecule has 1 heterocycles. The summed E-state index contributed by atoms with van der Waals surface area (Å²) in [6.45, 7) is 0. The van der Waals surface area contributed by atoms with Crippen LogP contribution in [0, 0.1) is 5.82 Å². The van der Waals surface area contributed by atoms with Gasteiger partial charge in [0.05, 0.1) is 5.02 Å². The van der Waals surface area contributed by atoms with E-state index in [1.807, 2.05) is 12.1 Å². The first-order chi connectivity index (χ1) is 8.18. The van der Waals surface area contributed by atoms with Crippen molar-refractivity contribution in [3.05, 3.63) is 64.7 Å². The van der Waals surface area contributed by atoms with Crippen LogP contribution in [0.25, 0.3) is 0 Å². The monoisotopic (exact) mass is 250 g/mol. The SMILES string of the molecule is NC(Cc1cccc(F)c1Cl)c1ccncc1. The zero-order chi connectivity index (χ0) is 12.3. The maximum atomic E-state index is 13.2. The summed E-state index contributed by atoms with van der Waals surface area (Å²) in [6.07, 6.45) is 3.87. The van der Waals surface area contributed by atoms with Crippen LogP contribution in [0.5, 0.6) is 0 Å². The Labute approximate surface area is 104 Å². The van der Waals surface area contributed by atoms with Crippen LogP contribution in [-0.2, 0) is 6.42 Å². The van der Waals surface area contributed by atoms with Gasteiger partial charge < -0.3 is 5.73 Å². The third kappa shape index (κ3) is 2.81. The summed E-state index contributed by atoms with van der Waals surface area (Å²) in [5, 5.41) is 0.150. The van der Waals surface area contributed by atoms with E-state index >= 15 is 0 Å². The predicted octanol–water partition coefficient (Wildman–Crippen LogP) is 3.12. The van der Waals surface area contributed by atoms with Crippen molar-refractivity contribution in [2.45, 2.75) is 12.5 Å². The van der Waals surface area contributed by atoms with E-state index in [2.05, 4.69) is 4.98 Å². The van der Waals surface area contributed by atoms with Gasteiger partial charge in [-0.1, -0.05) is 23.7 Å². The predicted molar refractivity (Wildman–Crippen MR) is 66.3 cm³/mol. The van der Waals surface area contributed by atoms with Crippen LogP contribution in [0.2, 0.25) is 5.02 Å². The molecular formula is C13H12ClFN2. The molecule has 2 aromatic rings. The molecule has 17 heavy (non-hydrogen) atoms. The summed E-state index contributed by atoms with van der Waals surface area (Å²) in [5.74, 6) is -0.411. The standard InChI is InChI=1S/C13H12ClFN2/c14-13-10(2-1-3-11(13)15)8-12(16)9-4-6-17-7-5-9/h1-7,12H,8,16H2. The molecule has 1 atom stereocenters. The first-order valence-electron chi connectivity index (χ1n) is 5.27. The van der Waals surface area contributed by atoms with Crippen molar-refractivity contribution in [3.8, 4) is 0 Å². The van der Waals surface area contributed by atoms with Crippen LogP contribution in [0.3, 0.4) is 0 Å². The summed E-state index contributed by atoms with van der Waals surface area (Å²) in [6, 6.07) is 8.24. The average Bonchev–Trinajstić information content (AvgIpc) is 2.36. The zero-order valence-corrected chi connectivity index (χ0v) is 9.86. The van der Waals surface area contributed by atoms with Crippen LogP contribution in [0.15, 0.2) is 42.7 Å². The molecule has 0 saturated heterocycles. The lowest BCUT2D eigenvalue weighted by molar-refractivity contribution is 0.622. The Balaban J connectivity index is 2.19. The van der Waals surface area contributed by atoms with Crippen LogP contribution < -0.4 is 5.73 Å². The molecule has 0 fully saturated rings. The van der Waals surface area contributed by atoms with Gasteiger partial charge in [-0.15, -0.1) is 0 Å². The van der Waals surface area contributed by atoms with Gasteiger partial charge in [0, 0.05) is 18.4 Å². The van der Waals surface area contributed by atoms with E-state index in [1.54, 1.807) is 24.5 Å². The van der Waals surface area contributed by atoms with Crippen molar-refractivity contribution in [1.82, 2.24) is 4.98 Å². The summed E-state index contributed by atoms with van der Waals surface area (Å²) in [7, 11) is 0. The van der Waals surface area contributed by atoms with E-state index < -0.39 is 5.82 Å². The van der Waals surface area contributed by atoms with Crippen LogP contribution in [0.4, 0.5) is 4.39 Å². The molecule has 0 saturated carbocycles. The zero-order valence-electron chi connectivity index (χ0n) is 9.11. The molecule has 2 N–H and O–H groups in total. The van der Waals surface area contributed by atoms with Crippen molar-refractivity contribution >= 4 is 11.6 Å². The summed E-state index contributed by atoms with van der Waals surface area (Å²) in [5.41, 5.74) is 7.71. The molecule has 1 aromatic carbocycles. The quantitative estimate of drug-likeness (QED) is 0.909. The number of rotatable bonds is 3. The van der Waals surface area contributed by atoms with Gasteiger partial charge >= 0.3 is 0 Å². The van der Waals surface area contributed by atoms with Gasteiger partial charge in [0.25, 0.3) is 0 Å². The molecule has 0 aliphatic heterocycles. The second-order valence-electron chi connectivity index (χ2n) is 3.80. The Morgan fingerprint density at radius 1 is 1.24 bits per heavy atom. The van der Waals surface area contributed by atoms with E-state index in [4.69, 9.17) is 17.3 Å². The molecule has 0 aliphatic carbocycles. The molecule has 0 bridgehead atoms. The highest BCUT2D eigenvalue weighted by molar-refractivity contribution is 6.31. The van der Waals surface area contributed by atoms with E-state index in [1.165, 1.54) is 6.07 Å². The molecule has 2 rings (SSSR count). The fraction of sp³-hybridized carbons (Fsp3) is 0.154. The van der Waals surface area contributed by atoms with E-state index in [-0.39, 0.29) is 11.1 Å². The number of nitrogens with zero attached hydrogens (tertiary/aromatic N) is 1. The summed E-state index contributed by atoms with van der Waals surface area (Å²) >= 11 is 5.88.